The number of hydrogen-bond donors (Lipinski definition) is 2. The van der Waals surface area contributed by atoms with Crippen LogP contribution < -0.4 is 5.32 Å². The highest BCUT2D eigenvalue weighted by Crippen LogP contribution is 2.16. The fraction of sp³-hybridized carbons (Fsp3) is 0.500. The molecule has 0 fully saturated rings. The molecule has 100 valence electrons. The Kier molecular flexibility index (Phi) is 5.82. The van der Waals surface area contributed by atoms with Crippen LogP contribution in [0.15, 0.2) is 24.3 Å². The fourth-order valence-electron chi connectivity index (χ4n) is 1.65. The van der Waals surface area contributed by atoms with Gasteiger partial charge in [0, 0.05) is 12.2 Å². The Labute approximate surface area is 109 Å². The van der Waals surface area contributed by atoms with Crippen molar-refractivity contribution in [3.8, 4) is 0 Å². The summed E-state index contributed by atoms with van der Waals surface area (Å²) in [5.41, 5.74) is 2.06. The second-order valence-electron chi connectivity index (χ2n) is 4.79. The van der Waals surface area contributed by atoms with Crippen molar-refractivity contribution in [1.82, 2.24) is 4.90 Å². The molecule has 0 atom stereocenters. The summed E-state index contributed by atoms with van der Waals surface area (Å²) in [5, 5.41) is 11.6. The Morgan fingerprint density at radius 1 is 1.33 bits per heavy atom. The van der Waals surface area contributed by atoms with Crippen LogP contribution in [0.4, 0.5) is 5.69 Å². The fourth-order valence-corrected chi connectivity index (χ4v) is 1.65. The number of carbonyl (C=O) groups excluding carboxylic acids is 1. The number of likely N-dealkylation sites (N-methyl/N-ethyl adjacent to an activating group) is 1. The molecule has 2 N–H and O–H groups in total. The van der Waals surface area contributed by atoms with Crippen LogP contribution in [-0.2, 0) is 4.79 Å². The van der Waals surface area contributed by atoms with E-state index < -0.39 is 0 Å². The zero-order chi connectivity index (χ0) is 13.5. The molecule has 0 saturated heterocycles. The number of amides is 1. The molecule has 18 heavy (non-hydrogen) atoms. The molecule has 0 spiro atoms. The van der Waals surface area contributed by atoms with Crippen molar-refractivity contribution in [3.05, 3.63) is 29.8 Å². The molecule has 0 radical (unpaired) electrons. The van der Waals surface area contributed by atoms with E-state index in [1.165, 1.54) is 5.56 Å². The number of hydrogen-bond acceptors (Lipinski definition) is 3. The minimum Gasteiger partial charge on any atom is -0.395 e. The summed E-state index contributed by atoms with van der Waals surface area (Å²) >= 11 is 0. The highest BCUT2D eigenvalue weighted by Gasteiger charge is 2.06. The van der Waals surface area contributed by atoms with E-state index >= 15 is 0 Å². The molecule has 0 heterocycles. The van der Waals surface area contributed by atoms with Gasteiger partial charge in [0.05, 0.1) is 13.2 Å². The quantitative estimate of drug-likeness (QED) is 0.807. The summed E-state index contributed by atoms with van der Waals surface area (Å²) in [6, 6.07) is 7.88. The van der Waals surface area contributed by atoms with Crippen molar-refractivity contribution in [2.24, 2.45) is 0 Å². The average Bonchev–Trinajstić information content (AvgIpc) is 2.29. The number of aliphatic hydroxyl groups excluding tert-OH is 1. The van der Waals surface area contributed by atoms with Gasteiger partial charge in [0.25, 0.3) is 0 Å². The van der Waals surface area contributed by atoms with Gasteiger partial charge in [0.2, 0.25) is 5.91 Å². The lowest BCUT2D eigenvalue weighted by molar-refractivity contribution is -0.117. The number of nitrogens with zero attached hydrogens (tertiary/aromatic N) is 1. The van der Waals surface area contributed by atoms with Gasteiger partial charge >= 0.3 is 0 Å². The summed E-state index contributed by atoms with van der Waals surface area (Å²) < 4.78 is 0. The normalized spacial score (nSPS) is 11.0. The molecule has 0 aromatic heterocycles. The van der Waals surface area contributed by atoms with Gasteiger partial charge in [-0.1, -0.05) is 26.0 Å². The molecule has 4 nitrogen and oxygen atoms in total. The van der Waals surface area contributed by atoms with Crippen molar-refractivity contribution < 1.29 is 9.90 Å². The van der Waals surface area contributed by atoms with Crippen molar-refractivity contribution in [2.45, 2.75) is 19.8 Å². The van der Waals surface area contributed by atoms with Crippen molar-refractivity contribution in [3.63, 3.8) is 0 Å². The van der Waals surface area contributed by atoms with Crippen LogP contribution in [-0.4, -0.2) is 42.7 Å². The molecular weight excluding hydrogens is 228 g/mol. The van der Waals surface area contributed by atoms with Gasteiger partial charge < -0.3 is 10.4 Å². The number of aliphatic hydroxyl groups is 1. The maximum absolute atomic E-state index is 11.7. The Morgan fingerprint density at radius 3 is 2.44 bits per heavy atom. The zero-order valence-electron chi connectivity index (χ0n) is 11.3. The van der Waals surface area contributed by atoms with E-state index in [1.54, 1.807) is 11.9 Å². The summed E-state index contributed by atoms with van der Waals surface area (Å²) in [5.74, 6) is 0.425. The van der Waals surface area contributed by atoms with Gasteiger partial charge in [-0.3, -0.25) is 9.69 Å². The van der Waals surface area contributed by atoms with Crippen LogP contribution in [0.25, 0.3) is 0 Å². The van der Waals surface area contributed by atoms with Crippen LogP contribution in [0.5, 0.6) is 0 Å². The van der Waals surface area contributed by atoms with Gasteiger partial charge in [-0.15, -0.1) is 0 Å². The first-order valence-electron chi connectivity index (χ1n) is 6.22. The van der Waals surface area contributed by atoms with E-state index in [0.717, 1.165) is 5.69 Å². The second kappa shape index (κ2) is 7.13. The summed E-state index contributed by atoms with van der Waals surface area (Å²) in [6.45, 7) is 5.12. The molecule has 4 heteroatoms. The van der Waals surface area contributed by atoms with Crippen LogP contribution in [0, 0.1) is 0 Å². The molecule has 0 bridgehead atoms. The Morgan fingerprint density at radius 2 is 1.94 bits per heavy atom. The van der Waals surface area contributed by atoms with E-state index in [1.807, 2.05) is 24.3 Å². The first kappa shape index (κ1) is 14.7. The third-order valence-electron chi connectivity index (χ3n) is 2.76. The van der Waals surface area contributed by atoms with Crippen LogP contribution in [0.1, 0.15) is 25.3 Å². The van der Waals surface area contributed by atoms with Gasteiger partial charge in [0.1, 0.15) is 0 Å². The Hall–Kier alpha value is -1.39. The number of nitrogens with one attached hydrogen (secondary N) is 1. The SMILES string of the molecule is CC(C)c1ccc(NC(=O)CN(C)CCO)cc1. The summed E-state index contributed by atoms with van der Waals surface area (Å²) in [7, 11) is 1.80. The van der Waals surface area contributed by atoms with E-state index in [4.69, 9.17) is 5.11 Å². The number of carbonyl (C=O) groups is 1. The van der Waals surface area contributed by atoms with E-state index in [9.17, 15) is 4.79 Å². The summed E-state index contributed by atoms with van der Waals surface area (Å²) in [6.07, 6.45) is 0. The average molecular weight is 250 g/mol. The zero-order valence-corrected chi connectivity index (χ0v) is 11.3. The van der Waals surface area contributed by atoms with Crippen molar-refractivity contribution >= 4 is 11.6 Å². The molecule has 1 aromatic rings. The topological polar surface area (TPSA) is 52.6 Å². The standard InChI is InChI=1S/C14H22N2O2/c1-11(2)12-4-6-13(7-5-12)15-14(18)10-16(3)8-9-17/h4-7,11,17H,8-10H2,1-3H3,(H,15,18). The molecule has 0 aliphatic carbocycles. The lowest BCUT2D eigenvalue weighted by Gasteiger charge is -2.14. The largest absolute Gasteiger partial charge is 0.395 e. The summed E-state index contributed by atoms with van der Waals surface area (Å²) in [4.78, 5) is 13.5. The van der Waals surface area contributed by atoms with E-state index in [-0.39, 0.29) is 19.1 Å². The minimum absolute atomic E-state index is 0.0624. The van der Waals surface area contributed by atoms with Crippen molar-refractivity contribution in [1.29, 1.82) is 0 Å². The second-order valence-corrected chi connectivity index (χ2v) is 4.79. The first-order valence-corrected chi connectivity index (χ1v) is 6.22. The highest BCUT2D eigenvalue weighted by molar-refractivity contribution is 5.92. The lowest BCUT2D eigenvalue weighted by Crippen LogP contribution is -2.32. The molecular formula is C14H22N2O2. The molecule has 0 aliphatic rings. The minimum atomic E-state index is -0.0664. The predicted molar refractivity (Wildman–Crippen MR) is 73.7 cm³/mol. The maximum Gasteiger partial charge on any atom is 0.238 e. The molecule has 0 unspecified atom stereocenters. The predicted octanol–water partition coefficient (Wildman–Crippen LogP) is 1.67. The lowest BCUT2D eigenvalue weighted by atomic mass is 10.0. The molecule has 0 saturated carbocycles. The van der Waals surface area contributed by atoms with Gasteiger partial charge in [0.15, 0.2) is 0 Å². The molecule has 1 aromatic carbocycles. The van der Waals surface area contributed by atoms with Gasteiger partial charge in [-0.2, -0.15) is 0 Å². The number of anilines is 1. The van der Waals surface area contributed by atoms with Gasteiger partial charge in [-0.05, 0) is 30.7 Å². The molecule has 1 rings (SSSR count). The monoisotopic (exact) mass is 250 g/mol. The third kappa shape index (κ3) is 4.85. The van der Waals surface area contributed by atoms with E-state index in [2.05, 4.69) is 19.2 Å². The third-order valence-corrected chi connectivity index (χ3v) is 2.76. The maximum atomic E-state index is 11.7. The first-order chi connectivity index (χ1) is 8.52. The highest BCUT2D eigenvalue weighted by atomic mass is 16.3. The Balaban J connectivity index is 2.49. The number of rotatable bonds is 6. The van der Waals surface area contributed by atoms with Crippen molar-refractivity contribution in [2.75, 3.05) is 32.1 Å². The van der Waals surface area contributed by atoms with Crippen LogP contribution in [0.3, 0.4) is 0 Å². The van der Waals surface area contributed by atoms with E-state index in [0.29, 0.717) is 12.5 Å². The van der Waals surface area contributed by atoms with Gasteiger partial charge in [-0.25, -0.2) is 0 Å². The smallest absolute Gasteiger partial charge is 0.238 e. The molecule has 1 amide bonds. The molecule has 0 aliphatic heterocycles. The van der Waals surface area contributed by atoms with Crippen LogP contribution in [0.2, 0.25) is 0 Å². The van der Waals surface area contributed by atoms with Crippen LogP contribution >= 0.6 is 0 Å². The Bertz CT molecular complexity index is 374. The number of benzene rings is 1.